The SMILES string of the molecule is CC(C)CCOC(C)(C)C1CCCCC1.CCCCOCC.CCCOCCC(C)C.CCCOCCC(C)C. The monoisotopic (exact) mass is 575 g/mol. The molecule has 0 bridgehead atoms. The molecule has 0 aliphatic heterocycles. The fraction of sp³-hybridized carbons (Fsp3) is 1.00. The molecular formula is C36H78O4. The van der Waals surface area contributed by atoms with E-state index in [1.165, 1.54) is 64.2 Å². The van der Waals surface area contributed by atoms with Gasteiger partial charge in [0.15, 0.2) is 0 Å². The van der Waals surface area contributed by atoms with E-state index in [1.807, 2.05) is 6.92 Å². The second-order valence-electron chi connectivity index (χ2n) is 13.1. The molecule has 1 aliphatic rings. The van der Waals surface area contributed by atoms with Gasteiger partial charge in [0.2, 0.25) is 0 Å². The first kappa shape index (κ1) is 44.3. The lowest BCUT2D eigenvalue weighted by Crippen LogP contribution is -2.36. The molecule has 1 fully saturated rings. The Morgan fingerprint density at radius 1 is 0.550 bits per heavy atom. The lowest BCUT2D eigenvalue weighted by atomic mass is 9.79. The number of rotatable bonds is 19. The van der Waals surface area contributed by atoms with E-state index in [0.717, 1.165) is 82.8 Å². The van der Waals surface area contributed by atoms with Crippen LogP contribution in [0.2, 0.25) is 0 Å². The number of hydrogen-bond donors (Lipinski definition) is 0. The minimum Gasteiger partial charge on any atom is -0.382 e. The molecule has 4 heteroatoms. The van der Waals surface area contributed by atoms with Gasteiger partial charge in [-0.25, -0.2) is 0 Å². The summed E-state index contributed by atoms with van der Waals surface area (Å²) in [5.74, 6) is 3.11. The van der Waals surface area contributed by atoms with Gasteiger partial charge in [0, 0.05) is 46.2 Å². The van der Waals surface area contributed by atoms with Gasteiger partial charge in [-0.15, -0.1) is 0 Å². The minimum absolute atomic E-state index is 0.106. The van der Waals surface area contributed by atoms with Crippen molar-refractivity contribution in [3.63, 3.8) is 0 Å². The average Bonchev–Trinajstić information content (AvgIpc) is 2.91. The van der Waals surface area contributed by atoms with E-state index in [-0.39, 0.29) is 5.60 Å². The third-order valence-electron chi connectivity index (χ3n) is 6.98. The fourth-order valence-electron chi connectivity index (χ4n) is 3.99. The van der Waals surface area contributed by atoms with Crippen LogP contribution < -0.4 is 0 Å². The molecule has 0 saturated heterocycles. The lowest BCUT2D eigenvalue weighted by molar-refractivity contribution is -0.0730. The molecule has 40 heavy (non-hydrogen) atoms. The normalized spacial score (nSPS) is 13.9. The van der Waals surface area contributed by atoms with Gasteiger partial charge in [-0.05, 0) is 95.8 Å². The number of unbranched alkanes of at least 4 members (excludes halogenated alkanes) is 1. The standard InChI is InChI=1S/C14H28O.2C8H18O.C6H14O/c1-12(2)10-11-15-14(3,4)13-8-6-5-7-9-13;2*1-4-6-9-7-5-8(2)3;1-3-5-6-7-4-2/h12-13H,5-11H2,1-4H3;2*8H,4-7H2,1-3H3;3-6H2,1-2H3. The predicted molar refractivity (Wildman–Crippen MR) is 179 cm³/mol. The Labute approximate surface area is 254 Å². The zero-order valence-electron chi connectivity index (χ0n) is 29.9. The molecule has 0 heterocycles. The Balaban J connectivity index is -0.000000480. The fourth-order valence-corrected chi connectivity index (χ4v) is 3.99. The van der Waals surface area contributed by atoms with Gasteiger partial charge < -0.3 is 18.9 Å². The minimum atomic E-state index is 0.106. The average molecular weight is 575 g/mol. The van der Waals surface area contributed by atoms with Gasteiger partial charge in [-0.3, -0.25) is 0 Å². The molecule has 0 spiro atoms. The summed E-state index contributed by atoms with van der Waals surface area (Å²) in [7, 11) is 0. The molecule has 0 atom stereocenters. The highest BCUT2D eigenvalue weighted by Gasteiger charge is 2.31. The Kier molecular flexibility index (Phi) is 36.9. The molecule has 4 nitrogen and oxygen atoms in total. The Hall–Kier alpha value is -0.160. The maximum absolute atomic E-state index is 6.08. The van der Waals surface area contributed by atoms with E-state index in [4.69, 9.17) is 18.9 Å². The summed E-state index contributed by atoms with van der Waals surface area (Å²) in [6.45, 7) is 32.9. The molecule has 0 N–H and O–H groups in total. The van der Waals surface area contributed by atoms with E-state index in [9.17, 15) is 0 Å². The molecule has 0 aromatic carbocycles. The molecular weight excluding hydrogens is 496 g/mol. The van der Waals surface area contributed by atoms with Crippen molar-refractivity contribution in [2.75, 3.05) is 46.2 Å². The Morgan fingerprint density at radius 2 is 1.00 bits per heavy atom. The maximum atomic E-state index is 6.08. The Bertz CT molecular complexity index is 422. The number of hydrogen-bond acceptors (Lipinski definition) is 4. The van der Waals surface area contributed by atoms with Gasteiger partial charge in [0.1, 0.15) is 0 Å². The first-order valence-corrected chi connectivity index (χ1v) is 17.3. The van der Waals surface area contributed by atoms with Gasteiger partial charge in [-0.1, -0.05) is 88.0 Å². The van der Waals surface area contributed by atoms with Crippen LogP contribution in [-0.4, -0.2) is 51.8 Å². The van der Waals surface area contributed by atoms with Crippen LogP contribution in [0.3, 0.4) is 0 Å². The number of ether oxygens (including phenoxy) is 4. The quantitative estimate of drug-likeness (QED) is 0.144. The summed E-state index contributed by atoms with van der Waals surface area (Å²) in [5, 5.41) is 0. The summed E-state index contributed by atoms with van der Waals surface area (Å²) in [6.07, 6.45) is 15.3. The largest absolute Gasteiger partial charge is 0.382 e. The summed E-state index contributed by atoms with van der Waals surface area (Å²) >= 11 is 0. The van der Waals surface area contributed by atoms with Crippen LogP contribution in [0.4, 0.5) is 0 Å². The van der Waals surface area contributed by atoms with Crippen molar-refractivity contribution in [2.45, 2.75) is 166 Å². The molecule has 1 saturated carbocycles. The van der Waals surface area contributed by atoms with Crippen LogP contribution in [0, 0.1) is 23.7 Å². The van der Waals surface area contributed by atoms with Crippen molar-refractivity contribution >= 4 is 0 Å². The molecule has 0 aromatic heterocycles. The van der Waals surface area contributed by atoms with Crippen LogP contribution in [0.25, 0.3) is 0 Å². The van der Waals surface area contributed by atoms with Crippen molar-refractivity contribution in [3.05, 3.63) is 0 Å². The summed E-state index contributed by atoms with van der Waals surface area (Å²) in [5.41, 5.74) is 0.106. The van der Waals surface area contributed by atoms with Crippen LogP contribution in [0.15, 0.2) is 0 Å². The van der Waals surface area contributed by atoms with Crippen molar-refractivity contribution in [3.8, 4) is 0 Å². The van der Waals surface area contributed by atoms with Crippen LogP contribution >= 0.6 is 0 Å². The highest BCUT2D eigenvalue weighted by atomic mass is 16.5. The van der Waals surface area contributed by atoms with Gasteiger partial charge in [-0.2, -0.15) is 0 Å². The van der Waals surface area contributed by atoms with Crippen LogP contribution in [0.1, 0.15) is 160 Å². The molecule has 0 radical (unpaired) electrons. The molecule has 0 aromatic rings. The summed E-state index contributed by atoms with van der Waals surface area (Å²) in [6, 6.07) is 0. The van der Waals surface area contributed by atoms with Crippen molar-refractivity contribution < 1.29 is 18.9 Å². The molecule has 1 rings (SSSR count). The zero-order valence-corrected chi connectivity index (χ0v) is 29.9. The van der Waals surface area contributed by atoms with E-state index < -0.39 is 0 Å². The highest BCUT2D eigenvalue weighted by molar-refractivity contribution is 4.82. The third kappa shape index (κ3) is 37.8. The van der Waals surface area contributed by atoms with E-state index >= 15 is 0 Å². The van der Waals surface area contributed by atoms with Crippen LogP contribution in [0.5, 0.6) is 0 Å². The van der Waals surface area contributed by atoms with Gasteiger partial charge in [0.25, 0.3) is 0 Å². The molecule has 246 valence electrons. The van der Waals surface area contributed by atoms with E-state index in [0.29, 0.717) is 0 Å². The predicted octanol–water partition coefficient (Wildman–Crippen LogP) is 11.1. The summed E-state index contributed by atoms with van der Waals surface area (Å²) < 4.78 is 21.7. The summed E-state index contributed by atoms with van der Waals surface area (Å²) in [4.78, 5) is 0. The second kappa shape index (κ2) is 33.3. The topological polar surface area (TPSA) is 36.9 Å². The second-order valence-corrected chi connectivity index (χ2v) is 13.1. The zero-order chi connectivity index (χ0) is 31.1. The first-order chi connectivity index (χ1) is 19.0. The van der Waals surface area contributed by atoms with Crippen molar-refractivity contribution in [1.82, 2.24) is 0 Å². The molecule has 0 amide bonds. The van der Waals surface area contributed by atoms with Crippen LogP contribution in [-0.2, 0) is 18.9 Å². The van der Waals surface area contributed by atoms with E-state index in [2.05, 4.69) is 76.2 Å². The van der Waals surface area contributed by atoms with Crippen molar-refractivity contribution in [2.24, 2.45) is 23.7 Å². The molecule has 0 unspecified atom stereocenters. The third-order valence-corrected chi connectivity index (χ3v) is 6.98. The van der Waals surface area contributed by atoms with Gasteiger partial charge >= 0.3 is 0 Å². The maximum Gasteiger partial charge on any atom is 0.0654 e. The van der Waals surface area contributed by atoms with E-state index in [1.54, 1.807) is 0 Å². The van der Waals surface area contributed by atoms with Crippen molar-refractivity contribution in [1.29, 1.82) is 0 Å². The first-order valence-electron chi connectivity index (χ1n) is 17.3. The van der Waals surface area contributed by atoms with Gasteiger partial charge in [0.05, 0.1) is 5.60 Å². The Morgan fingerprint density at radius 3 is 1.38 bits per heavy atom. The smallest absolute Gasteiger partial charge is 0.0654 e. The lowest BCUT2D eigenvalue weighted by Gasteiger charge is -2.37. The molecule has 1 aliphatic carbocycles. The highest BCUT2D eigenvalue weighted by Crippen LogP contribution is 2.34.